The lowest BCUT2D eigenvalue weighted by Crippen LogP contribution is -2.55. The summed E-state index contributed by atoms with van der Waals surface area (Å²) in [5, 5.41) is 0.558. The maximum Gasteiger partial charge on any atom is 0.246 e. The van der Waals surface area contributed by atoms with Gasteiger partial charge in [-0.15, -0.1) is 0 Å². The van der Waals surface area contributed by atoms with E-state index < -0.39 is 16.1 Å². The Balaban J connectivity index is 1.78. The smallest absolute Gasteiger partial charge is 0.246 e. The zero-order valence-electron chi connectivity index (χ0n) is 16.3. The van der Waals surface area contributed by atoms with E-state index in [1.54, 1.807) is 17.9 Å². The van der Waals surface area contributed by atoms with Crippen LogP contribution in [0.1, 0.15) is 6.92 Å². The average Bonchev–Trinajstić information content (AvgIpc) is 2.70. The fraction of sp³-hybridized carbons (Fsp3) is 0.350. The van der Waals surface area contributed by atoms with Gasteiger partial charge in [-0.1, -0.05) is 41.4 Å². The summed E-state index contributed by atoms with van der Waals surface area (Å²) in [6, 6.07) is 13.6. The molecular formula is C20H23Cl2N3O3S. The van der Waals surface area contributed by atoms with Crippen LogP contribution in [0, 0.1) is 0 Å². The van der Waals surface area contributed by atoms with Gasteiger partial charge in [0.25, 0.3) is 0 Å². The van der Waals surface area contributed by atoms with E-state index >= 15 is 0 Å². The molecule has 1 saturated heterocycles. The number of halogens is 2. The number of nitrogens with zero attached hydrogens (tertiary/aromatic N) is 3. The van der Waals surface area contributed by atoms with Crippen molar-refractivity contribution in [3.63, 3.8) is 0 Å². The number of carbonyl (C=O) groups excluding carboxylic acids is 1. The van der Waals surface area contributed by atoms with Crippen molar-refractivity contribution < 1.29 is 13.2 Å². The molecule has 6 nitrogen and oxygen atoms in total. The number of benzene rings is 2. The topological polar surface area (TPSA) is 60.9 Å². The van der Waals surface area contributed by atoms with E-state index in [9.17, 15) is 13.2 Å². The molecule has 156 valence electrons. The molecule has 0 radical (unpaired) electrons. The highest BCUT2D eigenvalue weighted by Gasteiger charge is 2.34. The molecule has 2 aromatic carbocycles. The van der Waals surface area contributed by atoms with Crippen molar-refractivity contribution in [3.05, 3.63) is 58.6 Å². The van der Waals surface area contributed by atoms with Crippen LogP contribution in [0.2, 0.25) is 10.0 Å². The number of amides is 1. The molecule has 1 aliphatic rings. The van der Waals surface area contributed by atoms with Gasteiger partial charge in [0.15, 0.2) is 0 Å². The largest absolute Gasteiger partial charge is 0.368 e. The van der Waals surface area contributed by atoms with E-state index in [1.165, 1.54) is 12.1 Å². The fourth-order valence-electron chi connectivity index (χ4n) is 3.52. The number of sulfonamides is 1. The highest BCUT2D eigenvalue weighted by molar-refractivity contribution is 7.92. The number of para-hydroxylation sites is 1. The number of carbonyl (C=O) groups is 1. The summed E-state index contributed by atoms with van der Waals surface area (Å²) in [6.45, 7) is 3.96. The second kappa shape index (κ2) is 8.81. The Kier molecular flexibility index (Phi) is 6.61. The van der Waals surface area contributed by atoms with E-state index in [0.717, 1.165) is 16.2 Å². The molecule has 0 saturated carbocycles. The maximum absolute atomic E-state index is 13.1. The van der Waals surface area contributed by atoms with Crippen LogP contribution in [0.5, 0.6) is 0 Å². The summed E-state index contributed by atoms with van der Waals surface area (Å²) in [6.07, 6.45) is 1.06. The first-order valence-electron chi connectivity index (χ1n) is 9.21. The molecular weight excluding hydrogens is 433 g/mol. The number of piperazine rings is 1. The quantitative estimate of drug-likeness (QED) is 0.691. The minimum atomic E-state index is -3.76. The summed E-state index contributed by atoms with van der Waals surface area (Å²) in [4.78, 5) is 17.0. The predicted octanol–water partition coefficient (Wildman–Crippen LogP) is 3.50. The van der Waals surface area contributed by atoms with Crippen LogP contribution in [0.25, 0.3) is 0 Å². The van der Waals surface area contributed by atoms with Crippen LogP contribution in [0.15, 0.2) is 48.5 Å². The number of anilines is 2. The predicted molar refractivity (Wildman–Crippen MR) is 118 cm³/mol. The lowest BCUT2D eigenvalue weighted by molar-refractivity contribution is -0.132. The van der Waals surface area contributed by atoms with Crippen molar-refractivity contribution in [1.82, 2.24) is 4.90 Å². The van der Waals surface area contributed by atoms with Gasteiger partial charge in [-0.2, -0.15) is 0 Å². The highest BCUT2D eigenvalue weighted by atomic mass is 35.5. The van der Waals surface area contributed by atoms with Crippen LogP contribution in [0.3, 0.4) is 0 Å². The van der Waals surface area contributed by atoms with Crippen LogP contribution < -0.4 is 9.21 Å². The zero-order chi connectivity index (χ0) is 21.2. The highest BCUT2D eigenvalue weighted by Crippen LogP contribution is 2.32. The average molecular weight is 456 g/mol. The Morgan fingerprint density at radius 2 is 1.66 bits per heavy atom. The van der Waals surface area contributed by atoms with E-state index in [2.05, 4.69) is 4.90 Å². The van der Waals surface area contributed by atoms with Crippen molar-refractivity contribution in [2.75, 3.05) is 41.6 Å². The molecule has 1 amide bonds. The first-order valence-corrected chi connectivity index (χ1v) is 11.8. The molecule has 0 aliphatic carbocycles. The van der Waals surface area contributed by atoms with Crippen LogP contribution in [-0.4, -0.2) is 57.7 Å². The van der Waals surface area contributed by atoms with Crippen molar-refractivity contribution in [2.45, 2.75) is 13.0 Å². The molecule has 1 heterocycles. The second-order valence-electron chi connectivity index (χ2n) is 6.98. The molecule has 1 fully saturated rings. The lowest BCUT2D eigenvalue weighted by Gasteiger charge is -2.39. The Labute approximate surface area is 181 Å². The van der Waals surface area contributed by atoms with Gasteiger partial charge >= 0.3 is 0 Å². The molecule has 9 heteroatoms. The fourth-order valence-corrected chi connectivity index (χ4v) is 5.12. The minimum Gasteiger partial charge on any atom is -0.368 e. The number of hydrogen-bond donors (Lipinski definition) is 0. The Morgan fingerprint density at radius 3 is 2.24 bits per heavy atom. The summed E-state index contributed by atoms with van der Waals surface area (Å²) >= 11 is 12.3. The third-order valence-electron chi connectivity index (χ3n) is 4.92. The summed E-state index contributed by atoms with van der Waals surface area (Å²) in [5.74, 6) is -0.265. The summed E-state index contributed by atoms with van der Waals surface area (Å²) in [5.41, 5.74) is 1.31. The van der Waals surface area contributed by atoms with Gasteiger partial charge in [-0.3, -0.25) is 9.10 Å². The third kappa shape index (κ3) is 4.97. The van der Waals surface area contributed by atoms with E-state index in [0.29, 0.717) is 31.2 Å². The minimum absolute atomic E-state index is 0.199. The second-order valence-corrected chi connectivity index (χ2v) is 9.68. The van der Waals surface area contributed by atoms with Crippen LogP contribution in [-0.2, 0) is 14.8 Å². The molecule has 1 aliphatic heterocycles. The van der Waals surface area contributed by atoms with Gasteiger partial charge in [-0.05, 0) is 37.3 Å². The van der Waals surface area contributed by atoms with Crippen molar-refractivity contribution >= 4 is 50.5 Å². The van der Waals surface area contributed by atoms with Crippen molar-refractivity contribution in [2.24, 2.45) is 0 Å². The molecule has 0 spiro atoms. The van der Waals surface area contributed by atoms with Gasteiger partial charge < -0.3 is 9.80 Å². The first kappa shape index (κ1) is 21.7. The molecule has 0 aromatic heterocycles. The Bertz CT molecular complexity index is 978. The monoisotopic (exact) mass is 455 g/mol. The van der Waals surface area contributed by atoms with Gasteiger partial charge in [0.1, 0.15) is 6.04 Å². The molecule has 29 heavy (non-hydrogen) atoms. The summed E-state index contributed by atoms with van der Waals surface area (Å²) < 4.78 is 26.1. The Hall–Kier alpha value is -1.96. The number of hydrogen-bond acceptors (Lipinski definition) is 4. The maximum atomic E-state index is 13.1. The Morgan fingerprint density at radius 1 is 1.03 bits per heavy atom. The lowest BCUT2D eigenvalue weighted by atomic mass is 10.2. The SMILES string of the molecule is CC(C(=O)N1CCN(c2ccccc2)CC1)N(c1cc(Cl)ccc1Cl)S(C)(=O)=O. The molecule has 1 unspecified atom stereocenters. The van der Waals surface area contributed by atoms with Gasteiger partial charge in [0, 0.05) is 36.9 Å². The molecule has 0 bridgehead atoms. The molecule has 1 atom stereocenters. The van der Waals surface area contributed by atoms with Crippen LogP contribution >= 0.6 is 23.2 Å². The van der Waals surface area contributed by atoms with E-state index in [4.69, 9.17) is 23.2 Å². The van der Waals surface area contributed by atoms with Crippen molar-refractivity contribution in [1.29, 1.82) is 0 Å². The molecule has 0 N–H and O–H groups in total. The van der Waals surface area contributed by atoms with Gasteiger partial charge in [0.2, 0.25) is 15.9 Å². The summed E-state index contributed by atoms with van der Waals surface area (Å²) in [7, 11) is -3.76. The van der Waals surface area contributed by atoms with E-state index in [1.807, 2.05) is 30.3 Å². The van der Waals surface area contributed by atoms with Crippen LogP contribution in [0.4, 0.5) is 11.4 Å². The standard InChI is InChI=1S/C20H23Cl2N3O3S/c1-15(25(29(2,27)28)19-14-16(21)8-9-18(19)22)20(26)24-12-10-23(11-13-24)17-6-4-3-5-7-17/h3-9,14-15H,10-13H2,1-2H3. The first-order chi connectivity index (χ1) is 13.7. The van der Waals surface area contributed by atoms with Gasteiger partial charge in [0.05, 0.1) is 17.0 Å². The molecule has 3 rings (SSSR count). The molecule has 2 aromatic rings. The van der Waals surface area contributed by atoms with E-state index in [-0.39, 0.29) is 16.6 Å². The van der Waals surface area contributed by atoms with Crippen molar-refractivity contribution in [3.8, 4) is 0 Å². The normalized spacial score (nSPS) is 15.9. The zero-order valence-corrected chi connectivity index (χ0v) is 18.6. The third-order valence-corrected chi connectivity index (χ3v) is 6.71. The van der Waals surface area contributed by atoms with Gasteiger partial charge in [-0.25, -0.2) is 8.42 Å². The number of rotatable bonds is 5.